The van der Waals surface area contributed by atoms with Crippen molar-refractivity contribution in [2.75, 3.05) is 11.9 Å². The molecule has 0 saturated heterocycles. The molecule has 0 amide bonds. The van der Waals surface area contributed by atoms with Crippen LogP contribution in [-0.4, -0.2) is 17.1 Å². The Morgan fingerprint density at radius 3 is 2.32 bits per heavy atom. The molecule has 1 rings (SSSR count). The van der Waals surface area contributed by atoms with Gasteiger partial charge in [-0.15, -0.1) is 0 Å². The van der Waals surface area contributed by atoms with Gasteiger partial charge in [0, 0.05) is 24.8 Å². The number of aromatic nitrogens is 1. The standard InChI is InChI=1S/C16H29N3/c1-6-13(7-2)10-17-15-9-8-14(11-18-15)12-19-16(3,4)5/h8-9,11,13,19H,6-7,10,12H2,1-5H3,(H,17,18). The molecule has 1 aromatic heterocycles. The van der Waals surface area contributed by atoms with Crippen LogP contribution < -0.4 is 10.6 Å². The SMILES string of the molecule is CCC(CC)CNc1ccc(CNC(C)(C)C)cn1. The van der Waals surface area contributed by atoms with Crippen LogP contribution in [0.15, 0.2) is 18.3 Å². The van der Waals surface area contributed by atoms with Crippen LogP contribution in [0.25, 0.3) is 0 Å². The van der Waals surface area contributed by atoms with Gasteiger partial charge < -0.3 is 10.6 Å². The molecule has 0 unspecified atom stereocenters. The van der Waals surface area contributed by atoms with E-state index >= 15 is 0 Å². The number of hydrogen-bond acceptors (Lipinski definition) is 3. The van der Waals surface area contributed by atoms with Crippen LogP contribution in [0.3, 0.4) is 0 Å². The van der Waals surface area contributed by atoms with Crippen LogP contribution in [0.2, 0.25) is 0 Å². The lowest BCUT2D eigenvalue weighted by Gasteiger charge is -2.20. The van der Waals surface area contributed by atoms with E-state index in [1.165, 1.54) is 18.4 Å². The molecular weight excluding hydrogens is 234 g/mol. The molecule has 1 heterocycles. The summed E-state index contributed by atoms with van der Waals surface area (Å²) >= 11 is 0. The van der Waals surface area contributed by atoms with E-state index in [0.717, 1.165) is 24.8 Å². The summed E-state index contributed by atoms with van der Waals surface area (Å²) in [5.41, 5.74) is 1.37. The molecule has 2 N–H and O–H groups in total. The van der Waals surface area contributed by atoms with Gasteiger partial charge in [-0.05, 0) is 38.3 Å². The monoisotopic (exact) mass is 263 g/mol. The molecule has 0 aliphatic heterocycles. The number of rotatable bonds is 7. The van der Waals surface area contributed by atoms with E-state index in [9.17, 15) is 0 Å². The van der Waals surface area contributed by atoms with Crippen LogP contribution >= 0.6 is 0 Å². The maximum absolute atomic E-state index is 4.47. The normalized spacial score (nSPS) is 11.9. The van der Waals surface area contributed by atoms with Gasteiger partial charge in [0.05, 0.1) is 0 Å². The predicted molar refractivity (Wildman–Crippen MR) is 83.4 cm³/mol. The first-order chi connectivity index (χ1) is 8.94. The molecule has 0 aliphatic carbocycles. The van der Waals surface area contributed by atoms with Crippen molar-refractivity contribution in [3.63, 3.8) is 0 Å². The van der Waals surface area contributed by atoms with Crippen LogP contribution in [0, 0.1) is 5.92 Å². The molecule has 3 nitrogen and oxygen atoms in total. The van der Waals surface area contributed by atoms with Crippen LogP contribution in [0.1, 0.15) is 53.0 Å². The summed E-state index contributed by atoms with van der Waals surface area (Å²) in [6, 6.07) is 4.21. The second-order valence-electron chi connectivity index (χ2n) is 6.22. The molecule has 0 aromatic carbocycles. The van der Waals surface area contributed by atoms with Gasteiger partial charge in [-0.25, -0.2) is 4.98 Å². The van der Waals surface area contributed by atoms with Crippen LogP contribution in [0.5, 0.6) is 0 Å². The smallest absolute Gasteiger partial charge is 0.125 e. The van der Waals surface area contributed by atoms with Gasteiger partial charge in [0.15, 0.2) is 0 Å². The Hall–Kier alpha value is -1.09. The van der Waals surface area contributed by atoms with Crippen molar-refractivity contribution in [2.24, 2.45) is 5.92 Å². The third-order valence-corrected chi connectivity index (χ3v) is 3.37. The Balaban J connectivity index is 2.43. The third-order valence-electron chi connectivity index (χ3n) is 3.37. The highest BCUT2D eigenvalue weighted by atomic mass is 15.0. The third kappa shape index (κ3) is 6.58. The van der Waals surface area contributed by atoms with E-state index in [1.807, 2.05) is 6.20 Å². The first-order valence-corrected chi connectivity index (χ1v) is 7.38. The summed E-state index contributed by atoms with van der Waals surface area (Å²) in [7, 11) is 0. The van der Waals surface area contributed by atoms with Crippen molar-refractivity contribution in [1.82, 2.24) is 10.3 Å². The lowest BCUT2D eigenvalue weighted by atomic mass is 10.0. The number of anilines is 1. The predicted octanol–water partition coefficient (Wildman–Crippen LogP) is 3.82. The molecule has 0 fully saturated rings. The average Bonchev–Trinajstić information content (AvgIpc) is 2.38. The topological polar surface area (TPSA) is 37.0 Å². The molecule has 0 radical (unpaired) electrons. The van der Waals surface area contributed by atoms with Crippen molar-refractivity contribution in [3.8, 4) is 0 Å². The van der Waals surface area contributed by atoms with E-state index in [4.69, 9.17) is 0 Å². The summed E-state index contributed by atoms with van der Waals surface area (Å²) in [6.07, 6.45) is 4.39. The highest BCUT2D eigenvalue weighted by Crippen LogP contribution is 2.11. The molecule has 3 heteroatoms. The maximum atomic E-state index is 4.47. The number of nitrogens with zero attached hydrogens (tertiary/aromatic N) is 1. The zero-order valence-electron chi connectivity index (χ0n) is 13.1. The fraction of sp³-hybridized carbons (Fsp3) is 0.688. The van der Waals surface area contributed by atoms with Crippen molar-refractivity contribution >= 4 is 5.82 Å². The second kappa shape index (κ2) is 7.49. The summed E-state index contributed by atoms with van der Waals surface area (Å²) < 4.78 is 0. The largest absolute Gasteiger partial charge is 0.370 e. The first-order valence-electron chi connectivity index (χ1n) is 7.38. The molecule has 19 heavy (non-hydrogen) atoms. The van der Waals surface area contributed by atoms with Gasteiger partial charge >= 0.3 is 0 Å². The van der Waals surface area contributed by atoms with E-state index in [0.29, 0.717) is 0 Å². The minimum atomic E-state index is 0.145. The Bertz CT molecular complexity index is 347. The number of hydrogen-bond donors (Lipinski definition) is 2. The molecule has 0 saturated carbocycles. The van der Waals surface area contributed by atoms with E-state index in [-0.39, 0.29) is 5.54 Å². The van der Waals surface area contributed by atoms with Crippen LogP contribution in [-0.2, 0) is 6.54 Å². The minimum Gasteiger partial charge on any atom is -0.370 e. The molecule has 0 spiro atoms. The Morgan fingerprint density at radius 2 is 1.84 bits per heavy atom. The molecular formula is C16H29N3. The lowest BCUT2D eigenvalue weighted by molar-refractivity contribution is 0.424. The first kappa shape index (κ1) is 16.0. The van der Waals surface area contributed by atoms with Crippen molar-refractivity contribution in [2.45, 2.75) is 59.5 Å². The Labute approximate surface area is 118 Å². The maximum Gasteiger partial charge on any atom is 0.125 e. The summed E-state index contributed by atoms with van der Waals surface area (Å²) in [4.78, 5) is 4.47. The zero-order chi connectivity index (χ0) is 14.3. The molecule has 1 aromatic rings. The van der Waals surface area contributed by atoms with Gasteiger partial charge in [-0.2, -0.15) is 0 Å². The van der Waals surface area contributed by atoms with Crippen LogP contribution in [0.4, 0.5) is 5.82 Å². The van der Waals surface area contributed by atoms with Gasteiger partial charge in [0.2, 0.25) is 0 Å². The lowest BCUT2D eigenvalue weighted by Crippen LogP contribution is -2.35. The summed E-state index contributed by atoms with van der Waals surface area (Å²) in [5, 5.41) is 6.88. The molecule has 108 valence electrons. The quantitative estimate of drug-likeness (QED) is 0.785. The second-order valence-corrected chi connectivity index (χ2v) is 6.22. The van der Waals surface area contributed by atoms with Crippen molar-refractivity contribution in [1.29, 1.82) is 0 Å². The fourth-order valence-electron chi connectivity index (χ4n) is 1.83. The van der Waals surface area contributed by atoms with Gasteiger partial charge in [-0.1, -0.05) is 32.8 Å². The van der Waals surface area contributed by atoms with Gasteiger partial charge in [-0.3, -0.25) is 0 Å². The van der Waals surface area contributed by atoms with E-state index < -0.39 is 0 Å². The highest BCUT2D eigenvalue weighted by molar-refractivity contribution is 5.35. The highest BCUT2D eigenvalue weighted by Gasteiger charge is 2.08. The minimum absolute atomic E-state index is 0.145. The summed E-state index contributed by atoms with van der Waals surface area (Å²) in [5.74, 6) is 1.72. The van der Waals surface area contributed by atoms with Crippen molar-refractivity contribution < 1.29 is 0 Å². The van der Waals surface area contributed by atoms with Crippen molar-refractivity contribution in [3.05, 3.63) is 23.9 Å². The molecule has 0 atom stereocenters. The Morgan fingerprint density at radius 1 is 1.16 bits per heavy atom. The molecule has 0 bridgehead atoms. The van der Waals surface area contributed by atoms with E-state index in [1.54, 1.807) is 0 Å². The average molecular weight is 263 g/mol. The number of nitrogens with one attached hydrogen (secondary N) is 2. The fourth-order valence-corrected chi connectivity index (χ4v) is 1.83. The summed E-state index contributed by atoms with van der Waals surface area (Å²) in [6.45, 7) is 12.9. The molecule has 0 aliphatic rings. The van der Waals surface area contributed by atoms with E-state index in [2.05, 4.69) is 62.4 Å². The van der Waals surface area contributed by atoms with Gasteiger partial charge in [0.1, 0.15) is 5.82 Å². The zero-order valence-corrected chi connectivity index (χ0v) is 13.1. The van der Waals surface area contributed by atoms with Gasteiger partial charge in [0.25, 0.3) is 0 Å². The Kier molecular flexibility index (Phi) is 6.29. The number of pyridine rings is 1.